The molecule has 0 bridgehead atoms. The highest BCUT2D eigenvalue weighted by atomic mass is 32.1. The van der Waals surface area contributed by atoms with E-state index in [0.717, 1.165) is 10.7 Å². The highest BCUT2D eigenvalue weighted by Crippen LogP contribution is 2.45. The van der Waals surface area contributed by atoms with Crippen molar-refractivity contribution in [1.82, 2.24) is 4.98 Å². The van der Waals surface area contributed by atoms with E-state index in [-0.39, 0.29) is 0 Å². The molecule has 2 nitrogen and oxygen atoms in total. The molecule has 1 fully saturated rings. The Kier molecular flexibility index (Phi) is 2.21. The van der Waals surface area contributed by atoms with E-state index in [1.54, 1.807) is 11.3 Å². The van der Waals surface area contributed by atoms with Crippen LogP contribution in [0.3, 0.4) is 0 Å². The Morgan fingerprint density at radius 1 is 1.31 bits per heavy atom. The van der Waals surface area contributed by atoms with Crippen LogP contribution in [-0.2, 0) is 0 Å². The van der Waals surface area contributed by atoms with E-state index in [9.17, 15) is 0 Å². The highest BCUT2D eigenvalue weighted by Gasteiger charge is 2.28. The van der Waals surface area contributed by atoms with Crippen LogP contribution in [0, 0.1) is 6.92 Å². The highest BCUT2D eigenvalue weighted by molar-refractivity contribution is 7.16. The summed E-state index contributed by atoms with van der Waals surface area (Å²) in [5.41, 5.74) is 9.45. The maximum absolute atomic E-state index is 6.06. The lowest BCUT2D eigenvalue weighted by molar-refractivity contribution is 1.08. The van der Waals surface area contributed by atoms with Crippen molar-refractivity contribution in [2.45, 2.75) is 25.7 Å². The summed E-state index contributed by atoms with van der Waals surface area (Å²) in [6, 6.07) is 8.28. The lowest BCUT2D eigenvalue weighted by atomic mass is 10.1. The Labute approximate surface area is 99.1 Å². The maximum atomic E-state index is 6.06. The van der Waals surface area contributed by atoms with Gasteiger partial charge in [-0.25, -0.2) is 4.98 Å². The second-order valence-corrected chi connectivity index (χ2v) is 5.42. The third kappa shape index (κ3) is 1.61. The molecule has 2 N–H and O–H groups in total. The minimum atomic E-state index is 0.685. The molecule has 0 aliphatic heterocycles. The summed E-state index contributed by atoms with van der Waals surface area (Å²) in [6.07, 6.45) is 2.56. The van der Waals surface area contributed by atoms with Crippen LogP contribution < -0.4 is 5.73 Å². The number of hydrogen-bond acceptors (Lipinski definition) is 3. The molecular formula is C13H14N2S. The number of nitrogens with zero attached hydrogens (tertiary/aromatic N) is 1. The molecule has 1 saturated carbocycles. The molecule has 3 heteroatoms. The maximum Gasteiger partial charge on any atom is 0.114 e. The first kappa shape index (κ1) is 9.85. The number of aryl methyl sites for hydroxylation is 1. The fraction of sp³-hybridized carbons (Fsp3) is 0.308. The van der Waals surface area contributed by atoms with E-state index in [1.807, 2.05) is 12.1 Å². The van der Waals surface area contributed by atoms with Gasteiger partial charge in [0.15, 0.2) is 0 Å². The molecule has 1 aliphatic carbocycles. The summed E-state index contributed by atoms with van der Waals surface area (Å²) in [6.45, 7) is 2.10. The number of benzene rings is 1. The number of rotatable bonds is 2. The second-order valence-electron chi connectivity index (χ2n) is 4.35. The van der Waals surface area contributed by atoms with Crippen molar-refractivity contribution in [3.8, 4) is 11.3 Å². The van der Waals surface area contributed by atoms with Gasteiger partial charge >= 0.3 is 0 Å². The molecule has 2 aromatic rings. The third-order valence-electron chi connectivity index (χ3n) is 3.00. The topological polar surface area (TPSA) is 38.9 Å². The standard InChI is InChI=1S/C13H14N2S/c1-8-4-2-3-5-10(8)11-12(14)16-13(15-11)9-6-7-9/h2-5,9H,6-7,14H2,1H3. The SMILES string of the molecule is Cc1ccccc1-c1nc(C2CC2)sc1N. The van der Waals surface area contributed by atoms with Gasteiger partial charge in [-0.05, 0) is 25.3 Å². The summed E-state index contributed by atoms with van der Waals surface area (Å²) in [4.78, 5) is 4.70. The molecule has 3 rings (SSSR count). The molecule has 0 spiro atoms. The van der Waals surface area contributed by atoms with Crippen molar-refractivity contribution in [2.75, 3.05) is 5.73 Å². The Morgan fingerprint density at radius 2 is 2.06 bits per heavy atom. The Morgan fingerprint density at radius 3 is 2.75 bits per heavy atom. The molecule has 1 aromatic heterocycles. The number of thiazole rings is 1. The molecule has 0 atom stereocenters. The Hall–Kier alpha value is -1.35. The predicted molar refractivity (Wildman–Crippen MR) is 68.7 cm³/mol. The van der Waals surface area contributed by atoms with Crippen molar-refractivity contribution < 1.29 is 0 Å². The van der Waals surface area contributed by atoms with E-state index < -0.39 is 0 Å². The number of aromatic nitrogens is 1. The first-order valence-electron chi connectivity index (χ1n) is 5.58. The molecule has 82 valence electrons. The molecule has 0 saturated heterocycles. The van der Waals surface area contributed by atoms with Crippen molar-refractivity contribution in [2.24, 2.45) is 0 Å². The summed E-state index contributed by atoms with van der Waals surface area (Å²) >= 11 is 1.66. The van der Waals surface area contributed by atoms with Gasteiger partial charge in [0.25, 0.3) is 0 Å². The number of hydrogen-bond donors (Lipinski definition) is 1. The van der Waals surface area contributed by atoms with Gasteiger partial charge in [-0.3, -0.25) is 0 Å². The summed E-state index contributed by atoms with van der Waals surface area (Å²) in [5, 5.41) is 2.08. The normalized spacial score (nSPS) is 15.3. The number of nitrogen functional groups attached to an aromatic ring is 1. The van der Waals surface area contributed by atoms with Gasteiger partial charge in [0.2, 0.25) is 0 Å². The molecule has 0 radical (unpaired) electrons. The number of nitrogens with two attached hydrogens (primary N) is 1. The molecule has 16 heavy (non-hydrogen) atoms. The van der Waals surface area contributed by atoms with Crippen LogP contribution in [0.25, 0.3) is 11.3 Å². The van der Waals surface area contributed by atoms with Crippen LogP contribution in [0.15, 0.2) is 24.3 Å². The van der Waals surface area contributed by atoms with Crippen LogP contribution in [0.2, 0.25) is 0 Å². The molecule has 0 amide bonds. The van der Waals surface area contributed by atoms with Gasteiger partial charge in [0.1, 0.15) is 10.7 Å². The number of anilines is 1. The minimum absolute atomic E-state index is 0.685. The Balaban J connectivity index is 2.08. The lowest BCUT2D eigenvalue weighted by Gasteiger charge is -2.02. The molecule has 1 aliphatic rings. The summed E-state index contributed by atoms with van der Waals surface area (Å²) in [5.74, 6) is 0.685. The van der Waals surface area contributed by atoms with E-state index in [2.05, 4.69) is 19.1 Å². The lowest BCUT2D eigenvalue weighted by Crippen LogP contribution is -1.88. The van der Waals surface area contributed by atoms with Gasteiger partial charge in [0.05, 0.1) is 5.01 Å². The quantitative estimate of drug-likeness (QED) is 0.856. The van der Waals surface area contributed by atoms with Gasteiger partial charge in [-0.1, -0.05) is 24.3 Å². The minimum Gasteiger partial charge on any atom is -0.389 e. The van der Waals surface area contributed by atoms with E-state index in [0.29, 0.717) is 5.92 Å². The molecule has 1 aromatic carbocycles. The van der Waals surface area contributed by atoms with Crippen molar-refractivity contribution in [1.29, 1.82) is 0 Å². The van der Waals surface area contributed by atoms with Crippen molar-refractivity contribution >= 4 is 16.3 Å². The summed E-state index contributed by atoms with van der Waals surface area (Å²) in [7, 11) is 0. The van der Waals surface area contributed by atoms with E-state index in [4.69, 9.17) is 10.7 Å². The average molecular weight is 230 g/mol. The second kappa shape index (κ2) is 3.59. The van der Waals surface area contributed by atoms with Crippen molar-refractivity contribution in [3.05, 3.63) is 34.8 Å². The van der Waals surface area contributed by atoms with Crippen LogP contribution in [0.5, 0.6) is 0 Å². The van der Waals surface area contributed by atoms with E-state index >= 15 is 0 Å². The fourth-order valence-electron chi connectivity index (χ4n) is 1.89. The zero-order valence-corrected chi connectivity index (χ0v) is 10.1. The van der Waals surface area contributed by atoms with Crippen LogP contribution in [-0.4, -0.2) is 4.98 Å². The van der Waals surface area contributed by atoms with Gasteiger partial charge in [0, 0.05) is 11.5 Å². The monoisotopic (exact) mass is 230 g/mol. The van der Waals surface area contributed by atoms with Crippen molar-refractivity contribution in [3.63, 3.8) is 0 Å². The Bertz CT molecular complexity index is 526. The molecular weight excluding hydrogens is 216 g/mol. The van der Waals surface area contributed by atoms with Gasteiger partial charge in [-0.2, -0.15) is 0 Å². The average Bonchev–Trinajstić information content (AvgIpc) is 3.04. The third-order valence-corrected chi connectivity index (χ3v) is 4.04. The first-order chi connectivity index (χ1) is 7.75. The van der Waals surface area contributed by atoms with Crippen LogP contribution >= 0.6 is 11.3 Å². The van der Waals surface area contributed by atoms with Crippen LogP contribution in [0.1, 0.15) is 29.3 Å². The molecule has 1 heterocycles. The first-order valence-corrected chi connectivity index (χ1v) is 6.39. The van der Waals surface area contributed by atoms with Gasteiger partial charge in [-0.15, -0.1) is 11.3 Å². The predicted octanol–water partition coefficient (Wildman–Crippen LogP) is 3.58. The molecule has 0 unspecified atom stereocenters. The fourth-order valence-corrected chi connectivity index (χ4v) is 2.90. The van der Waals surface area contributed by atoms with E-state index in [1.165, 1.54) is 29.0 Å². The summed E-state index contributed by atoms with van der Waals surface area (Å²) < 4.78 is 0. The van der Waals surface area contributed by atoms with Gasteiger partial charge < -0.3 is 5.73 Å². The largest absolute Gasteiger partial charge is 0.389 e. The zero-order chi connectivity index (χ0) is 11.1. The smallest absolute Gasteiger partial charge is 0.114 e. The van der Waals surface area contributed by atoms with Crippen LogP contribution in [0.4, 0.5) is 5.00 Å². The zero-order valence-electron chi connectivity index (χ0n) is 9.23.